The van der Waals surface area contributed by atoms with Crippen molar-refractivity contribution in [1.82, 2.24) is 4.90 Å². The van der Waals surface area contributed by atoms with Gasteiger partial charge in [0.05, 0.1) is 6.61 Å². The second-order valence-corrected chi connectivity index (χ2v) is 4.00. The molecule has 1 fully saturated rings. The van der Waals surface area contributed by atoms with Gasteiger partial charge in [-0.25, -0.2) is 4.39 Å². The number of carbonyl (C=O) groups excluding carboxylic acids is 1. The zero-order chi connectivity index (χ0) is 12.3. The van der Waals surface area contributed by atoms with Crippen LogP contribution in [0.2, 0.25) is 0 Å². The first-order chi connectivity index (χ1) is 8.20. The first kappa shape index (κ1) is 12.0. The van der Waals surface area contributed by atoms with E-state index >= 15 is 0 Å². The Balaban J connectivity index is 2.10. The standard InChI is InChI=1S/C12H15FN2O2/c13-11-2-1-9(5-10(11)6-14)7-15-3-4-17-8-12(15)16/h1-2,5H,3-4,6-8,14H2. The second-order valence-electron chi connectivity index (χ2n) is 4.00. The number of nitrogens with two attached hydrogens (primary N) is 1. The van der Waals surface area contributed by atoms with E-state index < -0.39 is 0 Å². The fraction of sp³-hybridized carbons (Fsp3) is 0.417. The molecule has 1 amide bonds. The summed E-state index contributed by atoms with van der Waals surface area (Å²) >= 11 is 0. The molecule has 2 N–H and O–H groups in total. The number of benzene rings is 1. The zero-order valence-electron chi connectivity index (χ0n) is 9.49. The first-order valence-electron chi connectivity index (χ1n) is 5.53. The quantitative estimate of drug-likeness (QED) is 0.841. The number of nitrogens with zero attached hydrogens (tertiary/aromatic N) is 1. The summed E-state index contributed by atoms with van der Waals surface area (Å²) in [4.78, 5) is 13.2. The van der Waals surface area contributed by atoms with E-state index in [0.717, 1.165) is 5.56 Å². The van der Waals surface area contributed by atoms with E-state index in [9.17, 15) is 9.18 Å². The summed E-state index contributed by atoms with van der Waals surface area (Å²) in [6.07, 6.45) is 0. The molecule has 0 bridgehead atoms. The minimum absolute atomic E-state index is 0.0325. The lowest BCUT2D eigenvalue weighted by Crippen LogP contribution is -2.40. The summed E-state index contributed by atoms with van der Waals surface area (Å²) in [5.74, 6) is -0.334. The van der Waals surface area contributed by atoms with Gasteiger partial charge in [0.15, 0.2) is 0 Å². The zero-order valence-corrected chi connectivity index (χ0v) is 9.49. The van der Waals surface area contributed by atoms with Gasteiger partial charge in [0, 0.05) is 25.2 Å². The summed E-state index contributed by atoms with van der Waals surface area (Å²) in [5.41, 5.74) is 6.81. The van der Waals surface area contributed by atoms with Crippen LogP contribution >= 0.6 is 0 Å². The molecule has 0 spiro atoms. The Morgan fingerprint density at radius 1 is 1.47 bits per heavy atom. The third kappa shape index (κ3) is 2.81. The van der Waals surface area contributed by atoms with E-state index in [4.69, 9.17) is 10.5 Å². The van der Waals surface area contributed by atoms with Gasteiger partial charge in [-0.15, -0.1) is 0 Å². The van der Waals surface area contributed by atoms with Crippen molar-refractivity contribution in [1.29, 1.82) is 0 Å². The fourth-order valence-electron chi connectivity index (χ4n) is 1.82. The highest BCUT2D eigenvalue weighted by molar-refractivity contribution is 5.78. The highest BCUT2D eigenvalue weighted by atomic mass is 19.1. The second kappa shape index (κ2) is 5.25. The van der Waals surface area contributed by atoms with Crippen LogP contribution in [-0.2, 0) is 22.6 Å². The van der Waals surface area contributed by atoms with Crippen LogP contribution in [0.4, 0.5) is 4.39 Å². The normalized spacial score (nSPS) is 16.4. The molecular weight excluding hydrogens is 223 g/mol. The van der Waals surface area contributed by atoms with Gasteiger partial charge >= 0.3 is 0 Å². The minimum atomic E-state index is -0.301. The van der Waals surface area contributed by atoms with Crippen molar-refractivity contribution < 1.29 is 13.9 Å². The number of halogens is 1. The number of rotatable bonds is 3. The van der Waals surface area contributed by atoms with E-state index in [0.29, 0.717) is 25.3 Å². The van der Waals surface area contributed by atoms with Crippen molar-refractivity contribution in [2.45, 2.75) is 13.1 Å². The van der Waals surface area contributed by atoms with Crippen LogP contribution in [0.25, 0.3) is 0 Å². The van der Waals surface area contributed by atoms with Gasteiger partial charge in [0.1, 0.15) is 12.4 Å². The topological polar surface area (TPSA) is 55.6 Å². The molecule has 1 aromatic rings. The number of hydrogen-bond acceptors (Lipinski definition) is 3. The maximum absolute atomic E-state index is 13.2. The van der Waals surface area contributed by atoms with Crippen molar-refractivity contribution in [3.63, 3.8) is 0 Å². The molecule has 1 saturated heterocycles. The minimum Gasteiger partial charge on any atom is -0.370 e. The molecule has 0 unspecified atom stereocenters. The molecule has 0 atom stereocenters. The van der Waals surface area contributed by atoms with Crippen molar-refractivity contribution in [2.75, 3.05) is 19.8 Å². The first-order valence-corrected chi connectivity index (χ1v) is 5.53. The average Bonchev–Trinajstić information content (AvgIpc) is 2.34. The molecule has 92 valence electrons. The van der Waals surface area contributed by atoms with Crippen LogP contribution in [-0.4, -0.2) is 30.6 Å². The smallest absolute Gasteiger partial charge is 0.248 e. The van der Waals surface area contributed by atoms with E-state index in [-0.39, 0.29) is 24.9 Å². The molecule has 1 heterocycles. The highest BCUT2D eigenvalue weighted by Crippen LogP contribution is 2.13. The lowest BCUT2D eigenvalue weighted by molar-refractivity contribution is -0.143. The number of amides is 1. The molecule has 0 radical (unpaired) electrons. The molecule has 17 heavy (non-hydrogen) atoms. The van der Waals surface area contributed by atoms with Gasteiger partial charge in [-0.1, -0.05) is 6.07 Å². The lowest BCUT2D eigenvalue weighted by Gasteiger charge is -2.27. The molecule has 0 aromatic heterocycles. The van der Waals surface area contributed by atoms with E-state index in [2.05, 4.69) is 0 Å². The monoisotopic (exact) mass is 238 g/mol. The molecular formula is C12H15FN2O2. The van der Waals surface area contributed by atoms with Crippen molar-refractivity contribution in [3.05, 3.63) is 35.1 Å². The number of carbonyl (C=O) groups is 1. The number of hydrogen-bond donors (Lipinski definition) is 1. The van der Waals surface area contributed by atoms with Gasteiger partial charge in [-0.2, -0.15) is 0 Å². The van der Waals surface area contributed by atoms with Crippen LogP contribution in [0.15, 0.2) is 18.2 Å². The predicted molar refractivity (Wildman–Crippen MR) is 60.5 cm³/mol. The van der Waals surface area contributed by atoms with E-state index in [1.54, 1.807) is 17.0 Å². The Morgan fingerprint density at radius 2 is 2.29 bits per heavy atom. The third-order valence-electron chi connectivity index (χ3n) is 2.79. The summed E-state index contributed by atoms with van der Waals surface area (Å²) in [6, 6.07) is 4.78. The van der Waals surface area contributed by atoms with Gasteiger partial charge in [-0.3, -0.25) is 4.79 Å². The van der Waals surface area contributed by atoms with Crippen LogP contribution in [0.1, 0.15) is 11.1 Å². The van der Waals surface area contributed by atoms with Crippen LogP contribution in [0.5, 0.6) is 0 Å². The average molecular weight is 238 g/mol. The predicted octanol–water partition coefficient (Wildman–Crippen LogP) is 0.643. The van der Waals surface area contributed by atoms with Crippen molar-refractivity contribution in [3.8, 4) is 0 Å². The van der Waals surface area contributed by atoms with Crippen LogP contribution < -0.4 is 5.73 Å². The van der Waals surface area contributed by atoms with Crippen molar-refractivity contribution in [2.24, 2.45) is 5.73 Å². The van der Waals surface area contributed by atoms with Gasteiger partial charge < -0.3 is 15.4 Å². The molecule has 1 aromatic carbocycles. The van der Waals surface area contributed by atoms with Gasteiger partial charge in [-0.05, 0) is 17.7 Å². The number of ether oxygens (including phenoxy) is 1. The van der Waals surface area contributed by atoms with Crippen molar-refractivity contribution >= 4 is 5.91 Å². The molecule has 0 aliphatic carbocycles. The van der Waals surface area contributed by atoms with E-state index in [1.807, 2.05) is 0 Å². The number of morpholine rings is 1. The molecule has 5 heteroatoms. The van der Waals surface area contributed by atoms with Gasteiger partial charge in [0.25, 0.3) is 0 Å². The lowest BCUT2D eigenvalue weighted by atomic mass is 10.1. The molecule has 1 aliphatic rings. The third-order valence-corrected chi connectivity index (χ3v) is 2.79. The molecule has 0 saturated carbocycles. The highest BCUT2D eigenvalue weighted by Gasteiger charge is 2.18. The Hall–Kier alpha value is -1.46. The summed E-state index contributed by atoms with van der Waals surface area (Å²) in [6.45, 7) is 1.90. The van der Waals surface area contributed by atoms with Gasteiger partial charge in [0.2, 0.25) is 5.91 Å². The largest absolute Gasteiger partial charge is 0.370 e. The maximum Gasteiger partial charge on any atom is 0.248 e. The van der Waals surface area contributed by atoms with E-state index in [1.165, 1.54) is 6.07 Å². The Morgan fingerprint density at radius 3 is 3.00 bits per heavy atom. The molecule has 4 nitrogen and oxygen atoms in total. The molecule has 2 rings (SSSR count). The Bertz CT molecular complexity index is 423. The Labute approximate surface area is 99.2 Å². The maximum atomic E-state index is 13.2. The summed E-state index contributed by atoms with van der Waals surface area (Å²) in [5, 5.41) is 0. The summed E-state index contributed by atoms with van der Waals surface area (Å²) in [7, 11) is 0. The fourth-order valence-corrected chi connectivity index (χ4v) is 1.82. The molecule has 1 aliphatic heterocycles. The SMILES string of the molecule is NCc1cc(CN2CCOCC2=O)ccc1F. The Kier molecular flexibility index (Phi) is 3.71. The van der Waals surface area contributed by atoms with Crippen LogP contribution in [0.3, 0.4) is 0 Å². The summed E-state index contributed by atoms with van der Waals surface area (Å²) < 4.78 is 18.3. The van der Waals surface area contributed by atoms with Crippen LogP contribution in [0, 0.1) is 5.82 Å².